The van der Waals surface area contributed by atoms with E-state index in [2.05, 4.69) is 17.0 Å². The van der Waals surface area contributed by atoms with Crippen molar-refractivity contribution in [3.8, 4) is 5.75 Å². The molecule has 0 bridgehead atoms. The van der Waals surface area contributed by atoms with Gasteiger partial charge in [-0.05, 0) is 49.4 Å². The Kier molecular flexibility index (Phi) is 6.39. The Morgan fingerprint density at radius 3 is 2.97 bits per heavy atom. The number of nitrogens with zero attached hydrogens (tertiary/aromatic N) is 4. The normalized spacial score (nSPS) is 16.5. The molecule has 1 aliphatic rings. The van der Waals surface area contributed by atoms with Gasteiger partial charge in [0.25, 0.3) is 5.91 Å². The first-order chi connectivity index (χ1) is 15.1. The maximum absolute atomic E-state index is 13.4. The van der Waals surface area contributed by atoms with Gasteiger partial charge in [-0.15, -0.1) is 0 Å². The standard InChI is InChI=1S/C24H30N4O3/c1-4-8-18-15-22(27(2)26-18)24(29)28-12-6-5-11-21(28)23-25-16-20(31-23)14-17-9-7-10-19(13-17)30-3/h7,9-10,13,15-16,21H,4-6,8,11-12,14H2,1-3H3/t21-/m1/s1. The van der Waals surface area contributed by atoms with E-state index in [1.165, 1.54) is 0 Å². The molecule has 1 fully saturated rings. The molecular weight excluding hydrogens is 392 g/mol. The minimum Gasteiger partial charge on any atom is -0.497 e. The van der Waals surface area contributed by atoms with Gasteiger partial charge in [0.2, 0.25) is 5.89 Å². The zero-order chi connectivity index (χ0) is 21.8. The predicted octanol–water partition coefficient (Wildman–Crippen LogP) is 4.33. The zero-order valence-corrected chi connectivity index (χ0v) is 18.5. The second kappa shape index (κ2) is 9.37. The molecule has 31 heavy (non-hydrogen) atoms. The van der Waals surface area contributed by atoms with Crippen molar-refractivity contribution in [3.63, 3.8) is 0 Å². The van der Waals surface area contributed by atoms with E-state index in [1.54, 1.807) is 18.0 Å². The van der Waals surface area contributed by atoms with Crippen molar-refractivity contribution < 1.29 is 13.9 Å². The molecule has 0 spiro atoms. The number of rotatable bonds is 7. The summed E-state index contributed by atoms with van der Waals surface area (Å²) in [6, 6.07) is 9.69. The molecule has 7 heteroatoms. The summed E-state index contributed by atoms with van der Waals surface area (Å²) in [4.78, 5) is 19.8. The topological polar surface area (TPSA) is 73.4 Å². The largest absolute Gasteiger partial charge is 0.497 e. The van der Waals surface area contributed by atoms with Crippen LogP contribution in [0, 0.1) is 0 Å². The van der Waals surface area contributed by atoms with E-state index >= 15 is 0 Å². The average molecular weight is 423 g/mol. The number of aromatic nitrogens is 3. The number of carbonyl (C=O) groups is 1. The minimum absolute atomic E-state index is 0.00500. The Labute approximate surface area is 183 Å². The third-order valence-corrected chi connectivity index (χ3v) is 5.79. The summed E-state index contributed by atoms with van der Waals surface area (Å²) in [7, 11) is 3.50. The molecule has 1 saturated heterocycles. The molecule has 0 unspecified atom stereocenters. The predicted molar refractivity (Wildman–Crippen MR) is 117 cm³/mol. The molecule has 1 aromatic carbocycles. The van der Waals surface area contributed by atoms with Crippen molar-refractivity contribution in [1.82, 2.24) is 19.7 Å². The fourth-order valence-corrected chi connectivity index (χ4v) is 4.23. The summed E-state index contributed by atoms with van der Waals surface area (Å²) < 4.78 is 13.1. The van der Waals surface area contributed by atoms with E-state index in [4.69, 9.17) is 9.15 Å². The van der Waals surface area contributed by atoms with Crippen molar-refractivity contribution in [2.45, 2.75) is 51.5 Å². The Hall–Kier alpha value is -3.09. The molecule has 164 valence electrons. The smallest absolute Gasteiger partial charge is 0.272 e. The number of benzene rings is 1. The van der Waals surface area contributed by atoms with Gasteiger partial charge >= 0.3 is 0 Å². The second-order valence-corrected chi connectivity index (χ2v) is 8.10. The molecule has 0 radical (unpaired) electrons. The van der Waals surface area contributed by atoms with Crippen LogP contribution in [0.4, 0.5) is 0 Å². The van der Waals surface area contributed by atoms with Crippen LogP contribution in [-0.4, -0.2) is 39.2 Å². The molecule has 1 aliphatic heterocycles. The van der Waals surface area contributed by atoms with Crippen LogP contribution in [0.3, 0.4) is 0 Å². The molecule has 0 aliphatic carbocycles. The molecule has 3 aromatic rings. The summed E-state index contributed by atoms with van der Waals surface area (Å²) in [5.41, 5.74) is 2.68. The molecule has 1 atom stereocenters. The van der Waals surface area contributed by atoms with Gasteiger partial charge < -0.3 is 14.1 Å². The van der Waals surface area contributed by atoms with Crippen molar-refractivity contribution in [1.29, 1.82) is 0 Å². The van der Waals surface area contributed by atoms with E-state index in [0.29, 0.717) is 24.6 Å². The Balaban J connectivity index is 1.53. The number of methoxy groups -OCH3 is 1. The number of likely N-dealkylation sites (tertiary alicyclic amines) is 1. The van der Waals surface area contributed by atoms with Gasteiger partial charge in [0.05, 0.1) is 19.0 Å². The number of hydrogen-bond acceptors (Lipinski definition) is 5. The monoisotopic (exact) mass is 422 g/mol. The van der Waals surface area contributed by atoms with Gasteiger partial charge in [-0.3, -0.25) is 9.48 Å². The lowest BCUT2D eigenvalue weighted by Crippen LogP contribution is -2.39. The van der Waals surface area contributed by atoms with Crippen LogP contribution < -0.4 is 4.74 Å². The SMILES string of the molecule is CCCc1cc(C(=O)N2CCCC[C@@H]2c2ncc(Cc3cccc(OC)c3)o2)n(C)n1. The summed E-state index contributed by atoms with van der Waals surface area (Å²) in [5, 5.41) is 4.50. The molecule has 2 aromatic heterocycles. The highest BCUT2D eigenvalue weighted by Gasteiger charge is 2.33. The van der Waals surface area contributed by atoms with Crippen LogP contribution in [0.1, 0.15) is 72.0 Å². The first-order valence-electron chi connectivity index (χ1n) is 11.0. The summed E-state index contributed by atoms with van der Waals surface area (Å²) in [5.74, 6) is 2.21. The summed E-state index contributed by atoms with van der Waals surface area (Å²) >= 11 is 0. The molecule has 3 heterocycles. The number of aryl methyl sites for hydroxylation is 2. The van der Waals surface area contributed by atoms with Crippen LogP contribution in [-0.2, 0) is 19.9 Å². The highest BCUT2D eigenvalue weighted by molar-refractivity contribution is 5.93. The van der Waals surface area contributed by atoms with E-state index in [1.807, 2.05) is 42.3 Å². The van der Waals surface area contributed by atoms with Crippen LogP contribution in [0.25, 0.3) is 0 Å². The lowest BCUT2D eigenvalue weighted by molar-refractivity contribution is 0.0558. The van der Waals surface area contributed by atoms with Crippen LogP contribution in [0.2, 0.25) is 0 Å². The number of carbonyl (C=O) groups excluding carboxylic acids is 1. The van der Waals surface area contributed by atoms with E-state index in [-0.39, 0.29) is 11.9 Å². The fraction of sp³-hybridized carbons (Fsp3) is 0.458. The van der Waals surface area contributed by atoms with Crippen LogP contribution in [0.5, 0.6) is 5.75 Å². The van der Waals surface area contributed by atoms with E-state index in [9.17, 15) is 4.79 Å². The van der Waals surface area contributed by atoms with Crippen molar-refractivity contribution in [2.75, 3.05) is 13.7 Å². The number of oxazole rings is 1. The van der Waals surface area contributed by atoms with Gasteiger partial charge in [-0.1, -0.05) is 25.5 Å². The molecule has 0 N–H and O–H groups in total. The van der Waals surface area contributed by atoms with Crippen molar-refractivity contribution in [2.24, 2.45) is 7.05 Å². The van der Waals surface area contributed by atoms with E-state index < -0.39 is 0 Å². The highest BCUT2D eigenvalue weighted by atomic mass is 16.5. The average Bonchev–Trinajstić information content (AvgIpc) is 3.40. The van der Waals surface area contributed by atoms with Gasteiger partial charge in [0.15, 0.2) is 0 Å². The Morgan fingerprint density at radius 1 is 1.29 bits per heavy atom. The maximum atomic E-state index is 13.4. The van der Waals surface area contributed by atoms with Crippen molar-refractivity contribution in [3.05, 3.63) is 65.1 Å². The van der Waals surface area contributed by atoms with Gasteiger partial charge in [0, 0.05) is 20.0 Å². The molecular formula is C24H30N4O3. The van der Waals surface area contributed by atoms with Gasteiger partial charge in [-0.25, -0.2) is 4.98 Å². The van der Waals surface area contributed by atoms with Crippen molar-refractivity contribution >= 4 is 5.91 Å². The molecule has 7 nitrogen and oxygen atoms in total. The third kappa shape index (κ3) is 4.65. The highest BCUT2D eigenvalue weighted by Crippen LogP contribution is 2.32. The minimum atomic E-state index is -0.148. The number of hydrogen-bond donors (Lipinski definition) is 0. The first kappa shape index (κ1) is 21.2. The Morgan fingerprint density at radius 2 is 2.16 bits per heavy atom. The number of piperidine rings is 1. The first-order valence-corrected chi connectivity index (χ1v) is 11.0. The molecule has 0 saturated carbocycles. The van der Waals surface area contributed by atoms with E-state index in [0.717, 1.165) is 54.9 Å². The summed E-state index contributed by atoms with van der Waals surface area (Å²) in [6.45, 7) is 2.81. The maximum Gasteiger partial charge on any atom is 0.272 e. The van der Waals surface area contributed by atoms with Gasteiger partial charge in [0.1, 0.15) is 23.2 Å². The van der Waals surface area contributed by atoms with Crippen LogP contribution in [0.15, 0.2) is 40.9 Å². The summed E-state index contributed by atoms with van der Waals surface area (Å²) in [6.07, 6.45) is 7.17. The Bertz CT molecular complexity index is 1040. The quantitative estimate of drug-likeness (QED) is 0.567. The molecule has 4 rings (SSSR count). The number of amides is 1. The lowest BCUT2D eigenvalue weighted by atomic mass is 10.0. The van der Waals surface area contributed by atoms with Gasteiger partial charge in [-0.2, -0.15) is 5.10 Å². The second-order valence-electron chi connectivity index (χ2n) is 8.10. The van der Waals surface area contributed by atoms with Crippen LogP contribution >= 0.6 is 0 Å². The number of ether oxygens (including phenoxy) is 1. The fourth-order valence-electron chi connectivity index (χ4n) is 4.23. The lowest BCUT2D eigenvalue weighted by Gasteiger charge is -2.33. The third-order valence-electron chi connectivity index (χ3n) is 5.79. The zero-order valence-electron chi connectivity index (χ0n) is 18.5. The molecule has 1 amide bonds.